The van der Waals surface area contributed by atoms with Gasteiger partial charge in [0.2, 0.25) is 5.91 Å². The highest BCUT2D eigenvalue weighted by atomic mass is 79.9. The summed E-state index contributed by atoms with van der Waals surface area (Å²) in [6.07, 6.45) is 0. The van der Waals surface area contributed by atoms with Crippen LogP contribution in [0.4, 0.5) is 0 Å². The highest BCUT2D eigenvalue weighted by Gasteiger charge is 2.88. The topological polar surface area (TPSA) is 72.5 Å². The third-order valence-corrected chi connectivity index (χ3v) is 7.53. The zero-order valence-corrected chi connectivity index (χ0v) is 19.9. The van der Waals surface area contributed by atoms with E-state index in [1.54, 1.807) is 43.3 Å². The molecule has 3 aromatic rings. The summed E-state index contributed by atoms with van der Waals surface area (Å²) in [7, 11) is 0. The van der Waals surface area contributed by atoms with Gasteiger partial charge in [0.1, 0.15) is 5.75 Å². The summed E-state index contributed by atoms with van der Waals surface area (Å²) in [5.74, 6) is -1.82. The monoisotopic (exact) mass is 523 g/mol. The minimum Gasteiger partial charge on any atom is -0.425 e. The minimum atomic E-state index is -1.66. The Bertz CT molecular complexity index is 1290. The second-order valence-electron chi connectivity index (χ2n) is 8.52. The first kappa shape index (κ1) is 21.9. The van der Waals surface area contributed by atoms with Crippen LogP contribution >= 0.6 is 27.5 Å². The molecule has 166 valence electrons. The van der Waals surface area contributed by atoms with Crippen LogP contribution in [0.25, 0.3) is 0 Å². The van der Waals surface area contributed by atoms with E-state index in [1.165, 1.54) is 0 Å². The van der Waals surface area contributed by atoms with Crippen molar-refractivity contribution < 1.29 is 19.1 Å². The molecule has 1 N–H and O–H groups in total. The normalized spacial score (nSPS) is 24.8. The van der Waals surface area contributed by atoms with E-state index in [0.29, 0.717) is 21.9 Å². The third kappa shape index (κ3) is 3.15. The summed E-state index contributed by atoms with van der Waals surface area (Å²) < 4.78 is 6.39. The van der Waals surface area contributed by atoms with E-state index in [4.69, 9.17) is 16.3 Å². The first-order valence-corrected chi connectivity index (χ1v) is 11.6. The van der Waals surface area contributed by atoms with Crippen molar-refractivity contribution >= 4 is 45.2 Å². The van der Waals surface area contributed by atoms with Gasteiger partial charge in [-0.15, -0.1) is 0 Å². The summed E-state index contributed by atoms with van der Waals surface area (Å²) in [4.78, 5) is 40.8. The molecule has 5 nitrogen and oxygen atoms in total. The average molecular weight is 525 g/mol. The molecule has 0 aromatic heterocycles. The number of esters is 1. The van der Waals surface area contributed by atoms with Crippen molar-refractivity contribution in [1.82, 2.24) is 5.32 Å². The zero-order valence-electron chi connectivity index (χ0n) is 17.6. The summed E-state index contributed by atoms with van der Waals surface area (Å²) >= 11 is 9.45. The van der Waals surface area contributed by atoms with Crippen LogP contribution in [0.3, 0.4) is 0 Å². The van der Waals surface area contributed by atoms with E-state index in [2.05, 4.69) is 21.2 Å². The Morgan fingerprint density at radius 3 is 2.45 bits per heavy atom. The second-order valence-corrected chi connectivity index (χ2v) is 9.87. The molecular weight excluding hydrogens is 506 g/mol. The predicted octanol–water partition coefficient (Wildman–Crippen LogP) is 5.31. The smallest absolute Gasteiger partial charge is 0.328 e. The fraction of sp³-hybridized carbons (Fsp3) is 0.192. The molecule has 33 heavy (non-hydrogen) atoms. The lowest BCUT2D eigenvalue weighted by Gasteiger charge is -2.23. The number of carbonyl (C=O) groups is 3. The Balaban J connectivity index is 1.59. The summed E-state index contributed by atoms with van der Waals surface area (Å²) in [6.45, 7) is 1.91. The molecule has 3 unspecified atom stereocenters. The van der Waals surface area contributed by atoms with Crippen molar-refractivity contribution in [1.29, 1.82) is 0 Å². The number of nitrogens with one attached hydrogen (secondary N) is 1. The van der Waals surface area contributed by atoms with Crippen molar-refractivity contribution in [2.24, 2.45) is 10.8 Å². The SMILES string of the molecule is CC1(C(=O)c2ccc(Cl)cc2)C2c3cc(Br)ccc3OC(=O)C21C(=O)NCc1ccccc1. The predicted molar refractivity (Wildman–Crippen MR) is 127 cm³/mol. The van der Waals surface area contributed by atoms with Gasteiger partial charge in [0.25, 0.3) is 0 Å². The Morgan fingerprint density at radius 2 is 1.76 bits per heavy atom. The molecule has 1 heterocycles. The van der Waals surface area contributed by atoms with Crippen LogP contribution in [0.2, 0.25) is 5.02 Å². The molecule has 0 radical (unpaired) electrons. The number of rotatable bonds is 5. The van der Waals surface area contributed by atoms with Gasteiger partial charge in [-0.3, -0.25) is 14.4 Å². The first-order chi connectivity index (χ1) is 15.8. The number of hydrogen-bond acceptors (Lipinski definition) is 4. The van der Waals surface area contributed by atoms with Gasteiger partial charge in [0.15, 0.2) is 11.2 Å². The molecule has 1 fully saturated rings. The van der Waals surface area contributed by atoms with E-state index in [9.17, 15) is 14.4 Å². The molecule has 1 amide bonds. The van der Waals surface area contributed by atoms with Gasteiger partial charge in [-0.25, -0.2) is 0 Å². The maximum atomic E-state index is 13.8. The molecule has 0 spiro atoms. The molecule has 5 rings (SSSR count). The second kappa shape index (κ2) is 7.82. The van der Waals surface area contributed by atoms with Crippen molar-refractivity contribution in [3.63, 3.8) is 0 Å². The molecule has 3 aromatic carbocycles. The summed E-state index contributed by atoms with van der Waals surface area (Å²) in [5, 5.41) is 3.37. The molecule has 2 aliphatic rings. The van der Waals surface area contributed by atoms with Crippen molar-refractivity contribution in [3.8, 4) is 5.75 Å². The van der Waals surface area contributed by atoms with E-state index < -0.39 is 28.6 Å². The Morgan fingerprint density at radius 1 is 1.06 bits per heavy atom. The Kier molecular flexibility index (Phi) is 5.18. The van der Waals surface area contributed by atoms with Gasteiger partial charge in [-0.1, -0.05) is 57.9 Å². The fourth-order valence-electron chi connectivity index (χ4n) is 5.10. The molecule has 0 saturated heterocycles. The van der Waals surface area contributed by atoms with Crippen LogP contribution in [0.15, 0.2) is 77.3 Å². The number of halogens is 2. The van der Waals surface area contributed by atoms with E-state index in [0.717, 1.165) is 10.0 Å². The van der Waals surface area contributed by atoms with Gasteiger partial charge in [0.05, 0.1) is 5.41 Å². The van der Waals surface area contributed by atoms with E-state index >= 15 is 0 Å². The number of Topliss-reactive ketones (excluding diaryl/α,β-unsaturated/α-hetero) is 1. The highest BCUT2D eigenvalue weighted by molar-refractivity contribution is 9.10. The van der Waals surface area contributed by atoms with Crippen LogP contribution < -0.4 is 10.1 Å². The average Bonchev–Trinajstić information content (AvgIpc) is 3.42. The Hall–Kier alpha value is -2.96. The van der Waals surface area contributed by atoms with Crippen molar-refractivity contribution in [2.45, 2.75) is 19.4 Å². The highest BCUT2D eigenvalue weighted by Crippen LogP contribution is 2.78. The molecule has 1 aliphatic carbocycles. The van der Waals surface area contributed by atoms with E-state index in [-0.39, 0.29) is 12.3 Å². The summed E-state index contributed by atoms with van der Waals surface area (Å²) in [6, 6.07) is 21.1. The molecule has 1 aliphatic heterocycles. The van der Waals surface area contributed by atoms with Crippen LogP contribution in [0, 0.1) is 10.8 Å². The van der Waals surface area contributed by atoms with Crippen LogP contribution in [-0.2, 0) is 16.1 Å². The van der Waals surface area contributed by atoms with Crippen molar-refractivity contribution in [2.75, 3.05) is 0 Å². The molecule has 3 atom stereocenters. The lowest BCUT2D eigenvalue weighted by atomic mass is 9.86. The maximum absolute atomic E-state index is 13.8. The number of fused-ring (bicyclic) bond motifs is 3. The zero-order chi connectivity index (χ0) is 23.4. The number of benzene rings is 3. The fourth-order valence-corrected chi connectivity index (χ4v) is 5.60. The third-order valence-electron chi connectivity index (χ3n) is 6.79. The number of ketones is 1. The lowest BCUT2D eigenvalue weighted by Crippen LogP contribution is -2.45. The molecular formula is C26H19BrClNO4. The van der Waals surface area contributed by atoms with Crippen LogP contribution in [-0.4, -0.2) is 17.7 Å². The van der Waals surface area contributed by atoms with Crippen LogP contribution in [0.5, 0.6) is 5.75 Å². The molecule has 1 saturated carbocycles. The minimum absolute atomic E-state index is 0.234. The number of carbonyl (C=O) groups excluding carboxylic acids is 3. The number of amides is 1. The van der Waals surface area contributed by atoms with Gasteiger partial charge >= 0.3 is 5.97 Å². The number of hydrogen-bond donors (Lipinski definition) is 1. The van der Waals surface area contributed by atoms with Crippen LogP contribution in [0.1, 0.15) is 34.3 Å². The quantitative estimate of drug-likeness (QED) is 0.212. The maximum Gasteiger partial charge on any atom is 0.328 e. The van der Waals surface area contributed by atoms with Gasteiger partial charge in [-0.2, -0.15) is 0 Å². The number of ether oxygens (including phenoxy) is 1. The largest absolute Gasteiger partial charge is 0.425 e. The lowest BCUT2D eigenvalue weighted by molar-refractivity contribution is -0.149. The Labute approximate surface area is 204 Å². The standard InChI is InChI=1S/C26H19BrClNO4/c1-25(22(30)16-7-10-18(28)11-8-16)21-19-13-17(27)9-12-20(19)33-24(32)26(21,25)23(31)29-14-15-5-3-2-4-6-15/h2-13,21H,14H2,1H3,(H,29,31). The van der Waals surface area contributed by atoms with E-state index in [1.807, 2.05) is 36.4 Å². The van der Waals surface area contributed by atoms with Gasteiger partial charge in [-0.05, 0) is 55.0 Å². The first-order valence-electron chi connectivity index (χ1n) is 10.4. The molecule has 0 bridgehead atoms. The van der Waals surface area contributed by atoms with Crippen molar-refractivity contribution in [3.05, 3.63) is 99.0 Å². The molecule has 7 heteroatoms. The van der Waals surface area contributed by atoms with Gasteiger partial charge in [0, 0.05) is 33.1 Å². The summed E-state index contributed by atoms with van der Waals surface area (Å²) in [5.41, 5.74) is -1.05. The van der Waals surface area contributed by atoms with Gasteiger partial charge < -0.3 is 10.1 Å².